The molecule has 1 fully saturated rings. The molecular formula is C23H25N3O2. The van der Waals surface area contributed by atoms with E-state index in [-0.39, 0.29) is 17.0 Å². The molecule has 5 heteroatoms. The minimum absolute atomic E-state index is 0.0436. The van der Waals surface area contributed by atoms with Gasteiger partial charge in [-0.25, -0.2) is 0 Å². The lowest BCUT2D eigenvalue weighted by atomic mass is 9.90. The van der Waals surface area contributed by atoms with Crippen molar-refractivity contribution in [1.29, 1.82) is 0 Å². The monoisotopic (exact) mass is 375 g/mol. The lowest BCUT2D eigenvalue weighted by molar-refractivity contribution is 0.0681. The van der Waals surface area contributed by atoms with Crippen molar-refractivity contribution in [1.82, 2.24) is 14.7 Å². The summed E-state index contributed by atoms with van der Waals surface area (Å²) in [5.41, 5.74) is 1.89. The number of hydrogen-bond donors (Lipinski definition) is 0. The van der Waals surface area contributed by atoms with Crippen LogP contribution in [0.25, 0.3) is 10.9 Å². The predicted molar refractivity (Wildman–Crippen MR) is 110 cm³/mol. The Hall–Kier alpha value is -2.95. The van der Waals surface area contributed by atoms with Crippen molar-refractivity contribution >= 4 is 16.8 Å². The fraction of sp³-hybridized carbons (Fsp3) is 0.348. The molecule has 1 aromatic heterocycles. The Morgan fingerprint density at radius 1 is 1.04 bits per heavy atom. The number of carbonyl (C=O) groups excluding carboxylic acids is 1. The normalized spacial score (nSPS) is 15.1. The molecule has 1 amide bonds. The number of hydrogen-bond acceptors (Lipinski definition) is 3. The lowest BCUT2D eigenvalue weighted by Gasteiger charge is -2.31. The smallest absolute Gasteiger partial charge is 0.278 e. The first kappa shape index (κ1) is 18.4. The SMILES string of the molecule is CCn1nc(C(=O)N2CCC(Cc3ccccc3)CC2)c(=O)c2ccccc21. The number of aromatic nitrogens is 2. The van der Waals surface area contributed by atoms with E-state index in [2.05, 4.69) is 29.4 Å². The number of para-hydroxylation sites is 1. The molecule has 0 atom stereocenters. The van der Waals surface area contributed by atoms with Crippen molar-refractivity contribution in [3.8, 4) is 0 Å². The average molecular weight is 375 g/mol. The van der Waals surface area contributed by atoms with Crippen LogP contribution in [0.4, 0.5) is 0 Å². The standard InChI is InChI=1S/C23H25N3O2/c1-2-26-20-11-7-6-10-19(20)22(27)21(24-26)23(28)25-14-12-18(13-15-25)16-17-8-4-3-5-9-17/h3-11,18H,2,12-16H2,1H3. The summed E-state index contributed by atoms with van der Waals surface area (Å²) >= 11 is 0. The molecule has 1 saturated heterocycles. The summed E-state index contributed by atoms with van der Waals surface area (Å²) in [4.78, 5) is 27.7. The maximum Gasteiger partial charge on any atom is 0.278 e. The molecule has 0 saturated carbocycles. The Labute approximate surface area is 164 Å². The van der Waals surface area contributed by atoms with Crippen molar-refractivity contribution in [2.24, 2.45) is 5.92 Å². The van der Waals surface area contributed by atoms with Crippen LogP contribution in [0, 0.1) is 5.92 Å². The van der Waals surface area contributed by atoms with E-state index in [1.165, 1.54) is 5.56 Å². The van der Waals surface area contributed by atoms with Gasteiger partial charge in [-0.3, -0.25) is 14.3 Å². The zero-order valence-corrected chi connectivity index (χ0v) is 16.2. The molecule has 28 heavy (non-hydrogen) atoms. The molecule has 144 valence electrons. The number of aryl methyl sites for hydroxylation is 1. The van der Waals surface area contributed by atoms with E-state index < -0.39 is 0 Å². The summed E-state index contributed by atoms with van der Waals surface area (Å²) in [6.07, 6.45) is 2.95. The fourth-order valence-electron chi connectivity index (χ4n) is 4.06. The second-order valence-corrected chi connectivity index (χ2v) is 7.44. The van der Waals surface area contributed by atoms with E-state index in [0.29, 0.717) is 30.9 Å². The third kappa shape index (κ3) is 3.57. The van der Waals surface area contributed by atoms with Crippen molar-refractivity contribution in [3.05, 3.63) is 76.1 Å². The van der Waals surface area contributed by atoms with Crippen molar-refractivity contribution in [3.63, 3.8) is 0 Å². The Bertz CT molecular complexity index is 1030. The van der Waals surface area contributed by atoms with Crippen LogP contribution in [0.5, 0.6) is 0 Å². The Morgan fingerprint density at radius 3 is 2.43 bits per heavy atom. The van der Waals surface area contributed by atoms with Crippen LogP contribution in [0.15, 0.2) is 59.4 Å². The van der Waals surface area contributed by atoms with Crippen LogP contribution in [0.2, 0.25) is 0 Å². The molecule has 1 aliphatic heterocycles. The zero-order chi connectivity index (χ0) is 19.5. The summed E-state index contributed by atoms with van der Waals surface area (Å²) in [5, 5.41) is 4.95. The highest BCUT2D eigenvalue weighted by molar-refractivity contribution is 5.95. The molecule has 0 radical (unpaired) electrons. The number of piperidine rings is 1. The average Bonchev–Trinajstić information content (AvgIpc) is 2.75. The quantitative estimate of drug-likeness (QED) is 0.701. The first-order valence-corrected chi connectivity index (χ1v) is 10.0. The van der Waals surface area contributed by atoms with Crippen molar-refractivity contribution in [2.75, 3.05) is 13.1 Å². The van der Waals surface area contributed by atoms with Crippen LogP contribution < -0.4 is 5.43 Å². The van der Waals surface area contributed by atoms with Crippen LogP contribution in [0.3, 0.4) is 0 Å². The zero-order valence-electron chi connectivity index (χ0n) is 16.2. The molecule has 0 unspecified atom stereocenters. The van der Waals surface area contributed by atoms with E-state index >= 15 is 0 Å². The minimum atomic E-state index is -0.267. The molecule has 2 aromatic carbocycles. The maximum absolute atomic E-state index is 13.0. The van der Waals surface area contributed by atoms with E-state index in [0.717, 1.165) is 24.8 Å². The lowest BCUT2D eigenvalue weighted by Crippen LogP contribution is -2.41. The van der Waals surface area contributed by atoms with Crippen LogP contribution >= 0.6 is 0 Å². The van der Waals surface area contributed by atoms with Gasteiger partial charge in [0.25, 0.3) is 5.91 Å². The summed E-state index contributed by atoms with van der Waals surface area (Å²) in [6.45, 7) is 3.93. The van der Waals surface area contributed by atoms with Gasteiger partial charge < -0.3 is 4.90 Å². The molecule has 0 N–H and O–H groups in total. The Kier molecular flexibility index (Phi) is 5.24. The maximum atomic E-state index is 13.0. The second-order valence-electron chi connectivity index (χ2n) is 7.44. The largest absolute Gasteiger partial charge is 0.337 e. The first-order valence-electron chi connectivity index (χ1n) is 10.0. The number of likely N-dealkylation sites (tertiary alicyclic amines) is 1. The van der Waals surface area contributed by atoms with E-state index in [1.807, 2.05) is 31.2 Å². The highest BCUT2D eigenvalue weighted by Gasteiger charge is 2.27. The number of benzene rings is 2. The highest BCUT2D eigenvalue weighted by Crippen LogP contribution is 2.22. The van der Waals surface area contributed by atoms with Gasteiger partial charge in [0.05, 0.1) is 5.52 Å². The number of carbonyl (C=O) groups is 1. The molecule has 4 rings (SSSR count). The van der Waals surface area contributed by atoms with Gasteiger partial charge in [0.2, 0.25) is 5.43 Å². The topological polar surface area (TPSA) is 55.2 Å². The van der Waals surface area contributed by atoms with Crippen LogP contribution in [-0.2, 0) is 13.0 Å². The van der Waals surface area contributed by atoms with E-state index in [4.69, 9.17) is 0 Å². The number of nitrogens with zero attached hydrogens (tertiary/aromatic N) is 3. The highest BCUT2D eigenvalue weighted by atomic mass is 16.2. The fourth-order valence-corrected chi connectivity index (χ4v) is 4.06. The number of amides is 1. The predicted octanol–water partition coefficient (Wildman–Crippen LogP) is 3.51. The van der Waals surface area contributed by atoms with Gasteiger partial charge in [0, 0.05) is 25.0 Å². The van der Waals surface area contributed by atoms with Gasteiger partial charge in [-0.1, -0.05) is 42.5 Å². The van der Waals surface area contributed by atoms with Crippen molar-refractivity contribution < 1.29 is 4.79 Å². The van der Waals surface area contributed by atoms with Crippen LogP contribution in [-0.4, -0.2) is 33.7 Å². The molecule has 0 spiro atoms. The molecule has 0 aliphatic carbocycles. The van der Waals surface area contributed by atoms with Gasteiger partial charge in [0.15, 0.2) is 5.69 Å². The van der Waals surface area contributed by atoms with Gasteiger partial charge in [-0.05, 0) is 49.8 Å². The third-order valence-electron chi connectivity index (χ3n) is 5.63. The number of rotatable bonds is 4. The third-order valence-corrected chi connectivity index (χ3v) is 5.63. The molecule has 3 aromatic rings. The van der Waals surface area contributed by atoms with E-state index in [9.17, 15) is 9.59 Å². The van der Waals surface area contributed by atoms with Crippen LogP contribution in [0.1, 0.15) is 35.8 Å². The Balaban J connectivity index is 1.51. The Morgan fingerprint density at radius 2 is 1.71 bits per heavy atom. The molecule has 1 aliphatic rings. The van der Waals surface area contributed by atoms with Gasteiger partial charge in [-0.2, -0.15) is 5.10 Å². The number of fused-ring (bicyclic) bond motifs is 1. The van der Waals surface area contributed by atoms with Gasteiger partial charge in [0.1, 0.15) is 0 Å². The molecule has 0 bridgehead atoms. The van der Waals surface area contributed by atoms with Gasteiger partial charge in [-0.15, -0.1) is 0 Å². The summed E-state index contributed by atoms with van der Waals surface area (Å²) in [7, 11) is 0. The first-order chi connectivity index (χ1) is 13.7. The molecule has 5 nitrogen and oxygen atoms in total. The molecule has 2 heterocycles. The minimum Gasteiger partial charge on any atom is -0.337 e. The van der Waals surface area contributed by atoms with Crippen molar-refractivity contribution in [2.45, 2.75) is 32.7 Å². The summed E-state index contributed by atoms with van der Waals surface area (Å²) in [5.74, 6) is 0.333. The van der Waals surface area contributed by atoms with E-state index in [1.54, 1.807) is 15.6 Å². The van der Waals surface area contributed by atoms with Gasteiger partial charge >= 0.3 is 0 Å². The summed E-state index contributed by atoms with van der Waals surface area (Å²) in [6, 6.07) is 17.8. The molecular weight excluding hydrogens is 350 g/mol. The second kappa shape index (κ2) is 7.97. The summed E-state index contributed by atoms with van der Waals surface area (Å²) < 4.78 is 1.74.